The van der Waals surface area contributed by atoms with Gasteiger partial charge in [0.25, 0.3) is 0 Å². The van der Waals surface area contributed by atoms with E-state index in [0.29, 0.717) is 5.92 Å². The monoisotopic (exact) mass is 267 g/mol. The second-order valence-electron chi connectivity index (χ2n) is 5.36. The number of nitrogens with zero attached hydrogens (tertiary/aromatic N) is 1. The molecule has 0 saturated carbocycles. The van der Waals surface area contributed by atoms with E-state index in [9.17, 15) is 13.6 Å². The highest BCUT2D eigenvalue weighted by Crippen LogP contribution is 2.17. The van der Waals surface area contributed by atoms with Crippen LogP contribution >= 0.6 is 0 Å². The van der Waals surface area contributed by atoms with Crippen LogP contribution in [0.3, 0.4) is 0 Å². The van der Waals surface area contributed by atoms with Crippen molar-refractivity contribution in [1.82, 2.24) is 4.90 Å². The lowest BCUT2D eigenvalue weighted by Crippen LogP contribution is -2.31. The number of carbonyl (C=O) groups excluding carboxylic acids is 1. The van der Waals surface area contributed by atoms with Crippen molar-refractivity contribution in [1.29, 1.82) is 0 Å². The number of hydrogen-bond acceptors (Lipinski definition) is 2. The molecule has 4 heteroatoms. The molecule has 104 valence electrons. The Morgan fingerprint density at radius 1 is 1.26 bits per heavy atom. The molecule has 1 unspecified atom stereocenters. The lowest BCUT2D eigenvalue weighted by Gasteiger charge is -2.18. The van der Waals surface area contributed by atoms with Crippen molar-refractivity contribution >= 4 is 5.78 Å². The molecular formula is C15H19F2NO. The normalized spacial score (nSPS) is 21.1. The zero-order chi connectivity index (χ0) is 13.8. The van der Waals surface area contributed by atoms with Gasteiger partial charge in [0.05, 0.1) is 6.54 Å². The van der Waals surface area contributed by atoms with Crippen LogP contribution in [0.1, 0.15) is 36.5 Å². The van der Waals surface area contributed by atoms with Crippen molar-refractivity contribution in [3.05, 3.63) is 35.4 Å². The van der Waals surface area contributed by atoms with Crippen LogP contribution in [0.15, 0.2) is 18.2 Å². The highest BCUT2D eigenvalue weighted by Gasteiger charge is 2.17. The van der Waals surface area contributed by atoms with Crippen LogP contribution in [0.4, 0.5) is 8.78 Å². The van der Waals surface area contributed by atoms with Gasteiger partial charge < -0.3 is 0 Å². The van der Waals surface area contributed by atoms with E-state index in [1.807, 2.05) is 0 Å². The van der Waals surface area contributed by atoms with Crippen LogP contribution in [-0.2, 0) is 0 Å². The Bertz CT molecular complexity index is 461. The molecule has 0 N–H and O–H groups in total. The Kier molecular flexibility index (Phi) is 4.64. The second-order valence-corrected chi connectivity index (χ2v) is 5.36. The van der Waals surface area contributed by atoms with Crippen molar-refractivity contribution in [2.24, 2.45) is 5.92 Å². The highest BCUT2D eigenvalue weighted by molar-refractivity contribution is 5.97. The first-order valence-electron chi connectivity index (χ1n) is 6.77. The summed E-state index contributed by atoms with van der Waals surface area (Å²) < 4.78 is 25.9. The predicted octanol–water partition coefficient (Wildman–Crippen LogP) is 3.27. The van der Waals surface area contributed by atoms with E-state index in [0.717, 1.165) is 38.1 Å². The molecule has 0 spiro atoms. The summed E-state index contributed by atoms with van der Waals surface area (Å²) in [5.41, 5.74) is 0.246. The first-order valence-corrected chi connectivity index (χ1v) is 6.77. The van der Waals surface area contributed by atoms with E-state index in [4.69, 9.17) is 0 Å². The van der Waals surface area contributed by atoms with Crippen molar-refractivity contribution in [2.75, 3.05) is 19.6 Å². The lowest BCUT2D eigenvalue weighted by molar-refractivity contribution is 0.0932. The number of likely N-dealkylation sites (tertiary alicyclic amines) is 1. The van der Waals surface area contributed by atoms with Crippen molar-refractivity contribution < 1.29 is 13.6 Å². The van der Waals surface area contributed by atoms with Gasteiger partial charge in [-0.2, -0.15) is 0 Å². The quantitative estimate of drug-likeness (QED) is 0.783. The third kappa shape index (κ3) is 3.83. The Morgan fingerprint density at radius 3 is 2.79 bits per heavy atom. The first kappa shape index (κ1) is 14.1. The molecule has 1 atom stereocenters. The number of carbonyl (C=O) groups is 1. The van der Waals surface area contributed by atoms with Crippen molar-refractivity contribution in [2.45, 2.75) is 26.2 Å². The van der Waals surface area contributed by atoms with Crippen LogP contribution < -0.4 is 0 Å². The highest BCUT2D eigenvalue weighted by atomic mass is 19.2. The van der Waals surface area contributed by atoms with Gasteiger partial charge in [0.15, 0.2) is 17.4 Å². The first-order chi connectivity index (χ1) is 9.06. The number of rotatable bonds is 3. The van der Waals surface area contributed by atoms with Crippen LogP contribution in [0.5, 0.6) is 0 Å². The average Bonchev–Trinajstić information content (AvgIpc) is 2.58. The topological polar surface area (TPSA) is 20.3 Å². The molecule has 1 fully saturated rings. The Labute approximate surface area is 112 Å². The largest absolute Gasteiger partial charge is 0.296 e. The zero-order valence-electron chi connectivity index (χ0n) is 11.2. The van der Waals surface area contributed by atoms with Crippen molar-refractivity contribution in [3.8, 4) is 0 Å². The summed E-state index contributed by atoms with van der Waals surface area (Å²) in [4.78, 5) is 14.1. The molecule has 1 aromatic carbocycles. The molecule has 19 heavy (non-hydrogen) atoms. The van der Waals surface area contributed by atoms with Crippen molar-refractivity contribution in [3.63, 3.8) is 0 Å². The molecule has 2 rings (SSSR count). The van der Waals surface area contributed by atoms with Gasteiger partial charge >= 0.3 is 0 Å². The molecule has 0 radical (unpaired) electrons. The maximum Gasteiger partial charge on any atom is 0.176 e. The third-order valence-electron chi connectivity index (χ3n) is 3.72. The lowest BCUT2D eigenvalue weighted by atomic mass is 10.0. The standard InChI is InChI=1S/C15H19F2NO/c1-11-3-2-7-18(8-6-11)10-15(19)12-4-5-13(16)14(17)9-12/h4-5,9,11H,2-3,6-8,10H2,1H3. The molecule has 1 saturated heterocycles. The average molecular weight is 267 g/mol. The summed E-state index contributed by atoms with van der Waals surface area (Å²) in [6.07, 6.45) is 3.37. The number of halogens is 2. The molecule has 1 aliphatic rings. The summed E-state index contributed by atoms with van der Waals surface area (Å²) in [5, 5.41) is 0. The van der Waals surface area contributed by atoms with Crippen LogP contribution in [0, 0.1) is 17.6 Å². The van der Waals surface area contributed by atoms with Gasteiger partial charge in [-0.05, 0) is 56.5 Å². The molecule has 1 aromatic rings. The Balaban J connectivity index is 1.98. The number of benzene rings is 1. The maximum atomic E-state index is 13.1. The van der Waals surface area contributed by atoms with Crippen LogP contribution in [0.2, 0.25) is 0 Å². The second kappa shape index (κ2) is 6.24. The minimum absolute atomic E-state index is 0.145. The smallest absolute Gasteiger partial charge is 0.176 e. The number of Topliss-reactive ketones (excluding diaryl/α,β-unsaturated/α-hetero) is 1. The molecule has 1 heterocycles. The molecule has 2 nitrogen and oxygen atoms in total. The summed E-state index contributed by atoms with van der Waals surface area (Å²) in [7, 11) is 0. The SMILES string of the molecule is CC1CCCN(CC(=O)c2ccc(F)c(F)c2)CC1. The molecular weight excluding hydrogens is 248 g/mol. The molecule has 0 aromatic heterocycles. The Hall–Kier alpha value is -1.29. The summed E-state index contributed by atoms with van der Waals surface area (Å²) in [6.45, 7) is 4.31. The minimum atomic E-state index is -0.963. The van der Waals surface area contributed by atoms with Crippen LogP contribution in [0.25, 0.3) is 0 Å². The van der Waals surface area contributed by atoms with E-state index in [1.54, 1.807) is 0 Å². The molecule has 0 bridgehead atoms. The van der Waals surface area contributed by atoms with Gasteiger partial charge in [-0.1, -0.05) is 6.92 Å². The number of hydrogen-bond donors (Lipinski definition) is 0. The maximum absolute atomic E-state index is 13.1. The van der Waals surface area contributed by atoms with E-state index < -0.39 is 11.6 Å². The summed E-state index contributed by atoms with van der Waals surface area (Å²) in [5.74, 6) is -1.33. The third-order valence-corrected chi connectivity index (χ3v) is 3.72. The van der Waals surface area contributed by atoms with E-state index in [1.165, 1.54) is 12.5 Å². The van der Waals surface area contributed by atoms with Gasteiger partial charge in [0.1, 0.15) is 0 Å². The summed E-state index contributed by atoms with van der Waals surface area (Å²) >= 11 is 0. The van der Waals surface area contributed by atoms with E-state index in [-0.39, 0.29) is 17.9 Å². The zero-order valence-corrected chi connectivity index (χ0v) is 11.2. The minimum Gasteiger partial charge on any atom is -0.296 e. The van der Waals surface area contributed by atoms with Crippen LogP contribution in [-0.4, -0.2) is 30.3 Å². The Morgan fingerprint density at radius 2 is 2.05 bits per heavy atom. The van der Waals surface area contributed by atoms with Gasteiger partial charge in [-0.25, -0.2) is 8.78 Å². The number of ketones is 1. The predicted molar refractivity (Wildman–Crippen MR) is 70.1 cm³/mol. The van der Waals surface area contributed by atoms with Gasteiger partial charge in [-0.3, -0.25) is 9.69 Å². The molecule has 1 aliphatic heterocycles. The summed E-state index contributed by atoms with van der Waals surface area (Å²) in [6, 6.07) is 3.34. The van der Waals surface area contributed by atoms with E-state index >= 15 is 0 Å². The fraction of sp³-hybridized carbons (Fsp3) is 0.533. The fourth-order valence-electron chi connectivity index (χ4n) is 2.44. The van der Waals surface area contributed by atoms with Gasteiger partial charge in [-0.15, -0.1) is 0 Å². The molecule has 0 aliphatic carbocycles. The molecule has 0 amide bonds. The van der Waals surface area contributed by atoms with Gasteiger partial charge in [0, 0.05) is 5.56 Å². The van der Waals surface area contributed by atoms with E-state index in [2.05, 4.69) is 11.8 Å². The fourth-order valence-corrected chi connectivity index (χ4v) is 2.44. The van der Waals surface area contributed by atoms with Gasteiger partial charge in [0.2, 0.25) is 0 Å².